The van der Waals surface area contributed by atoms with Crippen LogP contribution in [0.2, 0.25) is 0 Å². The molecule has 3 aromatic carbocycles. The Kier molecular flexibility index (Phi) is 7.31. The van der Waals surface area contributed by atoms with Crippen molar-refractivity contribution in [3.05, 3.63) is 94.6 Å². The van der Waals surface area contributed by atoms with Gasteiger partial charge in [-0.05, 0) is 78.7 Å². The van der Waals surface area contributed by atoms with E-state index in [-0.39, 0.29) is 11.9 Å². The largest absolute Gasteiger partial charge is 0.444 e. The maximum absolute atomic E-state index is 14.8. The van der Waals surface area contributed by atoms with E-state index in [0.717, 1.165) is 35.6 Å². The van der Waals surface area contributed by atoms with Crippen molar-refractivity contribution < 1.29 is 13.9 Å². The quantitative estimate of drug-likeness (QED) is 0.278. The van der Waals surface area contributed by atoms with Crippen LogP contribution in [0.3, 0.4) is 0 Å². The minimum absolute atomic E-state index is 0.166. The fraction of sp³-hybridized carbons (Fsp3) is 0.323. The Morgan fingerprint density at radius 3 is 2.43 bits per heavy atom. The van der Waals surface area contributed by atoms with Gasteiger partial charge in [-0.15, -0.1) is 11.3 Å². The molecule has 5 rings (SSSR count). The molecule has 1 aromatic heterocycles. The van der Waals surface area contributed by atoms with Crippen LogP contribution in [0.5, 0.6) is 0 Å². The third-order valence-electron chi connectivity index (χ3n) is 6.58. The molecule has 1 amide bonds. The molecule has 1 fully saturated rings. The normalized spacial score (nSPS) is 14.8. The van der Waals surface area contributed by atoms with Gasteiger partial charge < -0.3 is 9.64 Å². The SMILES string of the molecule is CC(C)(C)OC(=O)N1CCN(Cc2cccc(-c3ccc(F)c(Cc4cc5ccccc5s4)c3)c2)CC1. The summed E-state index contributed by atoms with van der Waals surface area (Å²) in [6.45, 7) is 9.42. The van der Waals surface area contributed by atoms with Crippen LogP contribution in [0.4, 0.5) is 9.18 Å². The van der Waals surface area contributed by atoms with E-state index in [1.165, 1.54) is 15.6 Å². The van der Waals surface area contributed by atoms with Crippen LogP contribution in [-0.2, 0) is 17.7 Å². The molecule has 2 heterocycles. The fourth-order valence-electron chi connectivity index (χ4n) is 4.72. The van der Waals surface area contributed by atoms with E-state index in [4.69, 9.17) is 4.74 Å². The predicted molar refractivity (Wildman–Crippen MR) is 150 cm³/mol. The lowest BCUT2D eigenvalue weighted by Gasteiger charge is -2.35. The summed E-state index contributed by atoms with van der Waals surface area (Å²) in [5, 5.41) is 1.21. The Morgan fingerprint density at radius 1 is 0.919 bits per heavy atom. The van der Waals surface area contributed by atoms with Crippen LogP contribution < -0.4 is 0 Å². The van der Waals surface area contributed by atoms with Gasteiger partial charge in [0.05, 0.1) is 0 Å². The number of fused-ring (bicyclic) bond motifs is 1. The zero-order valence-electron chi connectivity index (χ0n) is 21.7. The van der Waals surface area contributed by atoms with Crippen molar-refractivity contribution in [1.82, 2.24) is 9.80 Å². The van der Waals surface area contributed by atoms with Crippen LogP contribution in [-0.4, -0.2) is 47.7 Å². The van der Waals surface area contributed by atoms with E-state index < -0.39 is 5.60 Å². The monoisotopic (exact) mass is 516 g/mol. The van der Waals surface area contributed by atoms with Crippen molar-refractivity contribution in [2.75, 3.05) is 26.2 Å². The number of rotatable bonds is 5. The molecule has 0 unspecified atom stereocenters. The molecule has 0 spiro atoms. The van der Waals surface area contributed by atoms with Crippen molar-refractivity contribution in [2.24, 2.45) is 0 Å². The first-order valence-electron chi connectivity index (χ1n) is 12.8. The van der Waals surface area contributed by atoms with Gasteiger partial charge >= 0.3 is 6.09 Å². The van der Waals surface area contributed by atoms with E-state index in [1.807, 2.05) is 45.0 Å². The number of nitrogens with zero attached hydrogens (tertiary/aromatic N) is 2. The van der Waals surface area contributed by atoms with Gasteiger partial charge in [-0.2, -0.15) is 0 Å². The third-order valence-corrected chi connectivity index (χ3v) is 7.69. The highest BCUT2D eigenvalue weighted by atomic mass is 32.1. The highest BCUT2D eigenvalue weighted by molar-refractivity contribution is 7.19. The summed E-state index contributed by atoms with van der Waals surface area (Å²) in [6, 6.07) is 24.4. The minimum atomic E-state index is -0.479. The summed E-state index contributed by atoms with van der Waals surface area (Å²) >= 11 is 1.72. The second kappa shape index (κ2) is 10.6. The Hall–Kier alpha value is -3.22. The third kappa shape index (κ3) is 6.38. The zero-order chi connectivity index (χ0) is 26.0. The van der Waals surface area contributed by atoms with Gasteiger partial charge in [-0.25, -0.2) is 9.18 Å². The lowest BCUT2D eigenvalue weighted by atomic mass is 9.99. The average Bonchev–Trinajstić information content (AvgIpc) is 3.27. The fourth-order valence-corrected chi connectivity index (χ4v) is 5.81. The number of hydrogen-bond donors (Lipinski definition) is 0. The van der Waals surface area contributed by atoms with Gasteiger partial charge in [0, 0.05) is 48.7 Å². The Bertz CT molecular complexity index is 1370. The maximum atomic E-state index is 14.8. The summed E-state index contributed by atoms with van der Waals surface area (Å²) in [4.78, 5) is 17.7. The van der Waals surface area contributed by atoms with Crippen molar-refractivity contribution in [1.29, 1.82) is 0 Å². The molecule has 1 aliphatic rings. The first-order chi connectivity index (χ1) is 17.7. The van der Waals surface area contributed by atoms with Crippen LogP contribution in [0.25, 0.3) is 21.2 Å². The molecule has 0 aliphatic carbocycles. The van der Waals surface area contributed by atoms with Gasteiger partial charge in [0.15, 0.2) is 0 Å². The van der Waals surface area contributed by atoms with Gasteiger partial charge in [0.25, 0.3) is 0 Å². The molecule has 37 heavy (non-hydrogen) atoms. The second-order valence-electron chi connectivity index (χ2n) is 10.7. The van der Waals surface area contributed by atoms with Crippen molar-refractivity contribution in [3.8, 4) is 11.1 Å². The Labute approximate surface area is 222 Å². The number of halogens is 1. The summed E-state index contributed by atoms with van der Waals surface area (Å²) < 4.78 is 21.5. The van der Waals surface area contributed by atoms with Crippen molar-refractivity contribution >= 4 is 27.5 Å². The number of ether oxygens (including phenoxy) is 1. The minimum Gasteiger partial charge on any atom is -0.444 e. The predicted octanol–water partition coefficient (Wildman–Crippen LogP) is 7.35. The first kappa shape index (κ1) is 25.4. The molecule has 1 saturated heterocycles. The molecule has 192 valence electrons. The molecule has 4 aromatic rings. The van der Waals surface area contributed by atoms with Gasteiger partial charge in [0.1, 0.15) is 11.4 Å². The molecule has 4 nitrogen and oxygen atoms in total. The molecule has 6 heteroatoms. The molecular weight excluding hydrogens is 483 g/mol. The summed E-state index contributed by atoms with van der Waals surface area (Å²) in [5.74, 6) is -0.166. The number of thiophene rings is 1. The average molecular weight is 517 g/mol. The zero-order valence-corrected chi connectivity index (χ0v) is 22.5. The van der Waals surface area contributed by atoms with Crippen LogP contribution >= 0.6 is 11.3 Å². The second-order valence-corrected chi connectivity index (χ2v) is 11.8. The summed E-state index contributed by atoms with van der Waals surface area (Å²) in [5.41, 5.74) is 3.55. The van der Waals surface area contributed by atoms with Crippen molar-refractivity contribution in [2.45, 2.75) is 39.3 Å². The van der Waals surface area contributed by atoms with Gasteiger partial charge in [0.2, 0.25) is 0 Å². The molecule has 0 radical (unpaired) electrons. The number of benzene rings is 3. The highest BCUT2D eigenvalue weighted by Gasteiger charge is 2.25. The smallest absolute Gasteiger partial charge is 0.410 e. The standard InChI is InChI=1S/C31H33FN2O2S/c1-31(2,3)36-30(35)34-15-13-33(14-16-34)21-22-7-6-9-23(17-22)24-11-12-28(32)26(18-24)20-27-19-25-8-4-5-10-29(25)37-27/h4-12,17-19H,13-16,20-21H2,1-3H3. The number of hydrogen-bond acceptors (Lipinski definition) is 4. The summed E-state index contributed by atoms with van der Waals surface area (Å²) in [6.07, 6.45) is 0.345. The number of piperazine rings is 1. The molecule has 0 atom stereocenters. The maximum Gasteiger partial charge on any atom is 0.410 e. The molecular formula is C31H33FN2O2S. The number of carbonyl (C=O) groups excluding carboxylic acids is 1. The van der Waals surface area contributed by atoms with E-state index in [9.17, 15) is 9.18 Å². The molecule has 0 N–H and O–H groups in total. The molecule has 0 bridgehead atoms. The topological polar surface area (TPSA) is 32.8 Å². The van der Waals surface area contributed by atoms with Crippen molar-refractivity contribution in [3.63, 3.8) is 0 Å². The van der Waals surface area contributed by atoms with Crippen LogP contribution in [0.1, 0.15) is 36.8 Å². The van der Waals surface area contributed by atoms with E-state index in [0.29, 0.717) is 25.1 Å². The van der Waals surface area contributed by atoms with E-state index in [2.05, 4.69) is 47.4 Å². The highest BCUT2D eigenvalue weighted by Crippen LogP contribution is 2.30. The lowest BCUT2D eigenvalue weighted by Crippen LogP contribution is -2.49. The summed E-state index contributed by atoms with van der Waals surface area (Å²) in [7, 11) is 0. The van der Waals surface area contributed by atoms with E-state index in [1.54, 1.807) is 22.3 Å². The Balaban J connectivity index is 1.25. The van der Waals surface area contributed by atoms with E-state index >= 15 is 0 Å². The van der Waals surface area contributed by atoms with Crippen LogP contribution in [0.15, 0.2) is 72.8 Å². The lowest BCUT2D eigenvalue weighted by molar-refractivity contribution is 0.0139. The first-order valence-corrected chi connectivity index (χ1v) is 13.6. The number of amides is 1. The van der Waals surface area contributed by atoms with Gasteiger partial charge in [-0.1, -0.05) is 42.5 Å². The number of carbonyl (C=O) groups is 1. The Morgan fingerprint density at radius 2 is 1.68 bits per heavy atom. The molecule has 0 saturated carbocycles. The molecule has 1 aliphatic heterocycles. The van der Waals surface area contributed by atoms with Gasteiger partial charge in [-0.3, -0.25) is 4.90 Å². The van der Waals surface area contributed by atoms with Crippen LogP contribution in [0, 0.1) is 5.82 Å².